The molecule has 1 heterocycles. The zero-order valence-electron chi connectivity index (χ0n) is 10.9. The normalized spacial score (nSPS) is 18.4. The summed E-state index contributed by atoms with van der Waals surface area (Å²) in [5.74, 6) is -0.0320. The Labute approximate surface area is 112 Å². The maximum absolute atomic E-state index is 11.3. The third-order valence-corrected chi connectivity index (χ3v) is 3.22. The van der Waals surface area contributed by atoms with Gasteiger partial charge in [-0.2, -0.15) is 0 Å². The minimum absolute atomic E-state index is 0.331. The number of carbonyl (C=O) groups is 1. The monoisotopic (exact) mass is 264 g/mol. The van der Waals surface area contributed by atoms with Crippen molar-refractivity contribution in [2.45, 2.75) is 31.8 Å². The molecule has 0 bridgehead atoms. The Morgan fingerprint density at radius 2 is 2.32 bits per heavy atom. The summed E-state index contributed by atoms with van der Waals surface area (Å²) in [5.41, 5.74) is 11.7. The first-order valence-electron chi connectivity index (χ1n) is 6.60. The van der Waals surface area contributed by atoms with Gasteiger partial charge in [0.05, 0.1) is 18.3 Å². The van der Waals surface area contributed by atoms with Crippen LogP contribution in [0.3, 0.4) is 0 Å². The quantitative estimate of drug-likeness (QED) is 0.604. The second-order valence-corrected chi connectivity index (χ2v) is 4.75. The molecule has 5 heteroatoms. The van der Waals surface area contributed by atoms with Crippen LogP contribution in [0.5, 0.6) is 5.75 Å². The summed E-state index contributed by atoms with van der Waals surface area (Å²) in [6.07, 6.45) is 4.53. The summed E-state index contributed by atoms with van der Waals surface area (Å²) in [5, 5.41) is 0. The summed E-state index contributed by atoms with van der Waals surface area (Å²) in [7, 11) is 0. The van der Waals surface area contributed by atoms with E-state index in [-0.39, 0.29) is 0 Å². The molecule has 1 fully saturated rings. The molecule has 19 heavy (non-hydrogen) atoms. The molecule has 0 aliphatic carbocycles. The lowest BCUT2D eigenvalue weighted by Crippen LogP contribution is -2.14. The number of carbonyl (C=O) groups excluding carboxylic acids is 1. The molecule has 1 aliphatic heterocycles. The van der Waals surface area contributed by atoms with Crippen molar-refractivity contribution < 1.29 is 14.3 Å². The first kappa shape index (κ1) is 13.7. The van der Waals surface area contributed by atoms with Crippen molar-refractivity contribution in [2.24, 2.45) is 5.73 Å². The molecule has 5 nitrogen and oxygen atoms in total. The fourth-order valence-electron chi connectivity index (χ4n) is 2.23. The largest absolute Gasteiger partial charge is 0.493 e. The Bertz CT molecular complexity index is 442. The predicted octanol–water partition coefficient (Wildman–Crippen LogP) is 1.71. The van der Waals surface area contributed by atoms with Crippen LogP contribution in [0.4, 0.5) is 5.69 Å². The highest BCUT2D eigenvalue weighted by atomic mass is 16.5. The minimum atomic E-state index is -0.526. The van der Waals surface area contributed by atoms with E-state index in [1.165, 1.54) is 6.07 Å². The van der Waals surface area contributed by atoms with Gasteiger partial charge in [-0.15, -0.1) is 0 Å². The number of hydrogen-bond acceptors (Lipinski definition) is 4. The van der Waals surface area contributed by atoms with E-state index in [1.54, 1.807) is 12.1 Å². The van der Waals surface area contributed by atoms with Crippen LogP contribution in [-0.2, 0) is 4.74 Å². The Morgan fingerprint density at radius 3 is 3.00 bits per heavy atom. The third-order valence-electron chi connectivity index (χ3n) is 3.22. The van der Waals surface area contributed by atoms with Gasteiger partial charge in [0.1, 0.15) is 5.75 Å². The van der Waals surface area contributed by atoms with Crippen LogP contribution in [0.1, 0.15) is 36.0 Å². The average molecular weight is 264 g/mol. The van der Waals surface area contributed by atoms with E-state index in [4.69, 9.17) is 20.9 Å². The van der Waals surface area contributed by atoms with Crippen LogP contribution in [0, 0.1) is 0 Å². The SMILES string of the molecule is NC(=O)c1cc(N)ccc1OCCCC1CCCO1. The molecule has 0 radical (unpaired) electrons. The molecule has 1 unspecified atom stereocenters. The van der Waals surface area contributed by atoms with Crippen LogP contribution in [0.2, 0.25) is 0 Å². The number of rotatable bonds is 6. The van der Waals surface area contributed by atoms with Gasteiger partial charge in [-0.3, -0.25) is 4.79 Å². The molecule has 1 aliphatic rings. The highest BCUT2D eigenvalue weighted by molar-refractivity contribution is 5.96. The van der Waals surface area contributed by atoms with Gasteiger partial charge in [0.15, 0.2) is 0 Å². The molecule has 0 spiro atoms. The van der Waals surface area contributed by atoms with E-state index in [0.717, 1.165) is 32.3 Å². The zero-order chi connectivity index (χ0) is 13.7. The third kappa shape index (κ3) is 3.86. The first-order chi connectivity index (χ1) is 9.16. The van der Waals surface area contributed by atoms with E-state index < -0.39 is 5.91 Å². The summed E-state index contributed by atoms with van der Waals surface area (Å²) in [6.45, 7) is 1.42. The zero-order valence-corrected chi connectivity index (χ0v) is 10.9. The topological polar surface area (TPSA) is 87.6 Å². The van der Waals surface area contributed by atoms with Crippen molar-refractivity contribution in [2.75, 3.05) is 18.9 Å². The molecule has 2 rings (SSSR count). The van der Waals surface area contributed by atoms with Gasteiger partial charge in [-0.25, -0.2) is 0 Å². The minimum Gasteiger partial charge on any atom is -0.493 e. The van der Waals surface area contributed by atoms with Crippen LogP contribution in [0.15, 0.2) is 18.2 Å². The van der Waals surface area contributed by atoms with Crippen LogP contribution in [0.25, 0.3) is 0 Å². The van der Waals surface area contributed by atoms with Crippen molar-refractivity contribution in [3.8, 4) is 5.75 Å². The van der Waals surface area contributed by atoms with Gasteiger partial charge in [0.2, 0.25) is 0 Å². The second-order valence-electron chi connectivity index (χ2n) is 4.75. The van der Waals surface area contributed by atoms with Gasteiger partial charge in [-0.05, 0) is 43.9 Å². The number of nitrogens with two attached hydrogens (primary N) is 2. The predicted molar refractivity (Wildman–Crippen MR) is 73.1 cm³/mol. The van der Waals surface area contributed by atoms with Crippen LogP contribution in [-0.4, -0.2) is 25.2 Å². The van der Waals surface area contributed by atoms with E-state index in [2.05, 4.69) is 0 Å². The molecule has 0 aromatic heterocycles. The average Bonchev–Trinajstić information content (AvgIpc) is 2.89. The Kier molecular flexibility index (Phi) is 4.63. The summed E-state index contributed by atoms with van der Waals surface area (Å²) in [4.78, 5) is 11.3. The molecule has 104 valence electrons. The Hall–Kier alpha value is -1.75. The second kappa shape index (κ2) is 6.43. The fourth-order valence-corrected chi connectivity index (χ4v) is 2.23. The highest BCUT2D eigenvalue weighted by Gasteiger charge is 2.15. The van der Waals surface area contributed by atoms with E-state index in [0.29, 0.717) is 29.7 Å². The molecule has 1 aromatic carbocycles. The van der Waals surface area contributed by atoms with Gasteiger partial charge >= 0.3 is 0 Å². The van der Waals surface area contributed by atoms with Crippen LogP contribution < -0.4 is 16.2 Å². The van der Waals surface area contributed by atoms with Crippen LogP contribution >= 0.6 is 0 Å². The molecule has 1 atom stereocenters. The van der Waals surface area contributed by atoms with Crippen molar-refractivity contribution in [3.63, 3.8) is 0 Å². The lowest BCUT2D eigenvalue weighted by Gasteiger charge is -2.12. The summed E-state index contributed by atoms with van der Waals surface area (Å²) in [6, 6.07) is 4.92. The summed E-state index contributed by atoms with van der Waals surface area (Å²) < 4.78 is 11.1. The number of primary amides is 1. The van der Waals surface area contributed by atoms with Crippen molar-refractivity contribution >= 4 is 11.6 Å². The van der Waals surface area contributed by atoms with E-state index >= 15 is 0 Å². The molecule has 4 N–H and O–H groups in total. The smallest absolute Gasteiger partial charge is 0.252 e. The number of nitrogen functional groups attached to an aromatic ring is 1. The van der Waals surface area contributed by atoms with Crippen molar-refractivity contribution in [1.82, 2.24) is 0 Å². The lowest BCUT2D eigenvalue weighted by atomic mass is 10.1. The first-order valence-corrected chi connectivity index (χ1v) is 6.60. The standard InChI is InChI=1S/C14H20N2O3/c15-10-5-6-13(12(9-10)14(16)17)19-8-2-4-11-3-1-7-18-11/h5-6,9,11H,1-4,7-8,15H2,(H2,16,17). The lowest BCUT2D eigenvalue weighted by molar-refractivity contribution is 0.0967. The number of amides is 1. The van der Waals surface area contributed by atoms with Gasteiger partial charge in [-0.1, -0.05) is 0 Å². The van der Waals surface area contributed by atoms with Gasteiger partial charge in [0, 0.05) is 12.3 Å². The molecule has 1 amide bonds. The number of benzene rings is 1. The summed E-state index contributed by atoms with van der Waals surface area (Å²) >= 11 is 0. The molecule has 1 saturated heterocycles. The maximum atomic E-state index is 11.3. The van der Waals surface area contributed by atoms with Gasteiger partial charge < -0.3 is 20.9 Å². The van der Waals surface area contributed by atoms with E-state index in [9.17, 15) is 4.79 Å². The van der Waals surface area contributed by atoms with Crippen molar-refractivity contribution in [3.05, 3.63) is 23.8 Å². The maximum Gasteiger partial charge on any atom is 0.252 e. The number of anilines is 1. The number of hydrogen-bond donors (Lipinski definition) is 2. The fraction of sp³-hybridized carbons (Fsp3) is 0.500. The Morgan fingerprint density at radius 1 is 1.47 bits per heavy atom. The van der Waals surface area contributed by atoms with Crippen molar-refractivity contribution in [1.29, 1.82) is 0 Å². The van der Waals surface area contributed by atoms with Gasteiger partial charge in [0.25, 0.3) is 5.91 Å². The Balaban J connectivity index is 1.83. The molecule has 0 saturated carbocycles. The molecular formula is C14H20N2O3. The highest BCUT2D eigenvalue weighted by Crippen LogP contribution is 2.22. The van der Waals surface area contributed by atoms with E-state index in [1.807, 2.05) is 0 Å². The number of ether oxygens (including phenoxy) is 2. The molecule has 1 aromatic rings. The molecular weight excluding hydrogens is 244 g/mol.